The lowest BCUT2D eigenvalue weighted by Crippen LogP contribution is -2.55. The van der Waals surface area contributed by atoms with Gasteiger partial charge in [0.05, 0.1) is 4.99 Å². The van der Waals surface area contributed by atoms with E-state index in [1.165, 1.54) is 32.1 Å². The Morgan fingerprint density at radius 1 is 1.22 bits per heavy atom. The Labute approximate surface area is 144 Å². The third-order valence-electron chi connectivity index (χ3n) is 7.88. The molecular weight excluding hydrogens is 298 g/mol. The van der Waals surface area contributed by atoms with Crippen molar-refractivity contribution in [3.05, 3.63) is 47.5 Å². The molecule has 0 aliphatic heterocycles. The van der Waals surface area contributed by atoms with Gasteiger partial charge in [-0.2, -0.15) is 0 Å². The van der Waals surface area contributed by atoms with E-state index in [-0.39, 0.29) is 5.41 Å². The van der Waals surface area contributed by atoms with Crippen molar-refractivity contribution in [3.63, 3.8) is 0 Å². The van der Waals surface area contributed by atoms with Gasteiger partial charge >= 0.3 is 0 Å². The Morgan fingerprint density at radius 3 is 2.70 bits per heavy atom. The number of hydrogen-bond donors (Lipinski definition) is 1. The third kappa shape index (κ3) is 1.44. The minimum absolute atomic E-state index is 0.117. The molecule has 2 N–H and O–H groups in total. The molecule has 3 bridgehead atoms. The first kappa shape index (κ1) is 14.2. The van der Waals surface area contributed by atoms with Gasteiger partial charge in [0.2, 0.25) is 0 Å². The minimum Gasteiger partial charge on any atom is -0.393 e. The first-order chi connectivity index (χ1) is 11.1. The Bertz CT molecular complexity index is 723. The van der Waals surface area contributed by atoms with Crippen molar-refractivity contribution in [1.82, 2.24) is 0 Å². The summed E-state index contributed by atoms with van der Waals surface area (Å²) in [6.45, 7) is 2.28. The lowest BCUT2D eigenvalue weighted by Gasteiger charge is -2.59. The van der Waals surface area contributed by atoms with Crippen LogP contribution >= 0.6 is 12.2 Å². The molecule has 1 spiro atoms. The first-order valence-corrected chi connectivity index (χ1v) is 9.53. The van der Waals surface area contributed by atoms with Gasteiger partial charge in [-0.3, -0.25) is 0 Å². The van der Waals surface area contributed by atoms with Crippen LogP contribution in [0.4, 0.5) is 0 Å². The van der Waals surface area contributed by atoms with Crippen molar-refractivity contribution in [1.29, 1.82) is 0 Å². The maximum atomic E-state index is 6.34. The standard InChI is InChI=1S/C21H25NS/c1-2-6-16-14-9-19(18(22)23)12-20(15-7-4-3-5-8-15)11-17(16)21(20,10-14)13-19/h3-8,14,17H,2,9-13H2,1H3,(H2,22,23)/b16-6-. The summed E-state index contributed by atoms with van der Waals surface area (Å²) in [6.07, 6.45) is 10.1. The van der Waals surface area contributed by atoms with E-state index in [4.69, 9.17) is 18.0 Å². The van der Waals surface area contributed by atoms with Crippen LogP contribution < -0.4 is 5.73 Å². The van der Waals surface area contributed by atoms with E-state index >= 15 is 0 Å². The Balaban J connectivity index is 1.70. The van der Waals surface area contributed by atoms with Crippen molar-refractivity contribution in [2.45, 2.75) is 50.9 Å². The molecule has 5 atom stereocenters. The third-order valence-corrected chi connectivity index (χ3v) is 8.31. The molecule has 0 aromatic heterocycles. The monoisotopic (exact) mass is 323 g/mol. The lowest BCUT2D eigenvalue weighted by atomic mass is 9.44. The van der Waals surface area contributed by atoms with E-state index in [1.54, 1.807) is 11.1 Å². The zero-order valence-corrected chi connectivity index (χ0v) is 14.7. The van der Waals surface area contributed by atoms with Crippen LogP contribution in [-0.4, -0.2) is 4.99 Å². The van der Waals surface area contributed by atoms with E-state index in [1.807, 2.05) is 0 Å². The molecule has 4 aliphatic rings. The molecule has 1 nitrogen and oxygen atoms in total. The molecule has 0 heterocycles. The van der Waals surface area contributed by atoms with E-state index < -0.39 is 0 Å². The number of benzene rings is 1. The molecule has 0 radical (unpaired) electrons. The fourth-order valence-corrected chi connectivity index (χ4v) is 7.54. The normalized spacial score (nSPS) is 47.6. The maximum Gasteiger partial charge on any atom is 0.0790 e. The highest BCUT2D eigenvalue weighted by atomic mass is 32.1. The van der Waals surface area contributed by atoms with E-state index in [0.717, 1.165) is 23.2 Å². The highest BCUT2D eigenvalue weighted by Crippen LogP contribution is 2.85. The minimum atomic E-state index is 0.117. The average Bonchev–Trinajstić information content (AvgIpc) is 2.82. The van der Waals surface area contributed by atoms with Gasteiger partial charge in [0.25, 0.3) is 0 Å². The number of hydrogen-bond acceptors (Lipinski definition) is 1. The van der Waals surface area contributed by atoms with Crippen LogP contribution in [-0.2, 0) is 5.41 Å². The number of rotatable bonds is 3. The second-order valence-corrected chi connectivity index (χ2v) is 9.02. The zero-order chi connectivity index (χ0) is 15.9. The first-order valence-electron chi connectivity index (χ1n) is 9.12. The number of allylic oxidation sites excluding steroid dienone is 2. The van der Waals surface area contributed by atoms with Crippen LogP contribution in [0.15, 0.2) is 42.0 Å². The quantitative estimate of drug-likeness (QED) is 0.641. The van der Waals surface area contributed by atoms with Gasteiger partial charge in [-0.15, -0.1) is 0 Å². The highest BCUT2D eigenvalue weighted by Gasteiger charge is 2.79. The molecule has 23 heavy (non-hydrogen) atoms. The summed E-state index contributed by atoms with van der Waals surface area (Å²) >= 11 is 5.62. The molecule has 4 aliphatic carbocycles. The van der Waals surface area contributed by atoms with Gasteiger partial charge in [-0.05, 0) is 61.3 Å². The zero-order valence-electron chi connectivity index (χ0n) is 13.8. The van der Waals surface area contributed by atoms with Gasteiger partial charge < -0.3 is 5.73 Å². The number of thiocarbonyl (C=S) groups is 1. The van der Waals surface area contributed by atoms with Gasteiger partial charge in [-0.1, -0.05) is 61.1 Å². The average molecular weight is 324 g/mol. The van der Waals surface area contributed by atoms with Crippen LogP contribution in [0, 0.1) is 22.7 Å². The maximum absolute atomic E-state index is 6.34. The summed E-state index contributed by atoms with van der Waals surface area (Å²) < 4.78 is 0. The summed E-state index contributed by atoms with van der Waals surface area (Å²) in [5, 5.41) is 0. The van der Waals surface area contributed by atoms with Crippen LogP contribution in [0.5, 0.6) is 0 Å². The smallest absolute Gasteiger partial charge is 0.0790 e. The molecule has 2 heteroatoms. The van der Waals surface area contributed by atoms with Gasteiger partial charge in [0.15, 0.2) is 0 Å². The summed E-state index contributed by atoms with van der Waals surface area (Å²) in [5.74, 6) is 1.54. The fraction of sp³-hybridized carbons (Fsp3) is 0.571. The van der Waals surface area contributed by atoms with E-state index in [2.05, 4.69) is 43.3 Å². The molecule has 0 amide bonds. The van der Waals surface area contributed by atoms with Gasteiger partial charge in [-0.25, -0.2) is 0 Å². The molecule has 5 unspecified atom stereocenters. The van der Waals surface area contributed by atoms with Crippen LogP contribution in [0.3, 0.4) is 0 Å². The van der Waals surface area contributed by atoms with Crippen molar-refractivity contribution >= 4 is 17.2 Å². The number of fused-ring (bicyclic) bond motifs is 2. The van der Waals surface area contributed by atoms with E-state index in [9.17, 15) is 0 Å². The molecule has 4 saturated carbocycles. The Morgan fingerprint density at radius 2 is 2.00 bits per heavy atom. The summed E-state index contributed by atoms with van der Waals surface area (Å²) in [4.78, 5) is 0.794. The largest absolute Gasteiger partial charge is 0.393 e. The predicted octanol–water partition coefficient (Wildman–Crippen LogP) is 4.76. The molecule has 1 aromatic carbocycles. The second-order valence-electron chi connectivity index (χ2n) is 8.58. The molecule has 120 valence electrons. The topological polar surface area (TPSA) is 26.0 Å². The van der Waals surface area contributed by atoms with Gasteiger partial charge in [0.1, 0.15) is 0 Å². The summed E-state index contributed by atoms with van der Waals surface area (Å²) in [5.41, 5.74) is 10.5. The van der Waals surface area contributed by atoms with Crippen molar-refractivity contribution in [3.8, 4) is 0 Å². The summed E-state index contributed by atoms with van der Waals surface area (Å²) in [6, 6.07) is 11.3. The molecule has 5 rings (SSSR count). The Kier molecular flexibility index (Phi) is 2.64. The van der Waals surface area contributed by atoms with E-state index in [0.29, 0.717) is 10.8 Å². The van der Waals surface area contributed by atoms with Crippen LogP contribution in [0.25, 0.3) is 0 Å². The Hall–Kier alpha value is -1.15. The summed E-state index contributed by atoms with van der Waals surface area (Å²) in [7, 11) is 0. The van der Waals surface area contributed by atoms with Crippen LogP contribution in [0.2, 0.25) is 0 Å². The highest BCUT2D eigenvalue weighted by molar-refractivity contribution is 7.80. The second kappa shape index (κ2) is 4.27. The lowest BCUT2D eigenvalue weighted by molar-refractivity contribution is -0.0249. The fourth-order valence-electron chi connectivity index (χ4n) is 7.31. The molecule has 0 saturated heterocycles. The SMILES string of the molecule is CC/C=C1/C2CC3(C(N)=S)CC4(c5ccccc5)CC1C4(C2)C3. The molecular formula is C21H25NS. The number of nitrogens with two attached hydrogens (primary N) is 1. The van der Waals surface area contributed by atoms with Crippen molar-refractivity contribution in [2.75, 3.05) is 0 Å². The molecule has 1 aromatic rings. The van der Waals surface area contributed by atoms with Crippen molar-refractivity contribution in [2.24, 2.45) is 28.4 Å². The molecule has 4 fully saturated rings. The van der Waals surface area contributed by atoms with Crippen LogP contribution in [0.1, 0.15) is 51.0 Å². The van der Waals surface area contributed by atoms with Gasteiger partial charge in [0, 0.05) is 10.8 Å². The predicted molar refractivity (Wildman–Crippen MR) is 98.2 cm³/mol. The van der Waals surface area contributed by atoms with Crippen molar-refractivity contribution < 1.29 is 0 Å².